The Labute approximate surface area is 234 Å². The molecule has 2 aromatic carbocycles. The number of benzene rings is 2. The zero-order valence-electron chi connectivity index (χ0n) is 22.4. The lowest BCUT2D eigenvalue weighted by atomic mass is 9.85. The summed E-state index contributed by atoms with van der Waals surface area (Å²) in [6.45, 7) is 2.97. The van der Waals surface area contributed by atoms with E-state index in [4.69, 9.17) is 0 Å². The molecule has 0 radical (unpaired) electrons. The smallest absolute Gasteiger partial charge is 0.407 e. The molecule has 2 aliphatic heterocycles. The normalized spacial score (nSPS) is 21.7. The Kier molecular flexibility index (Phi) is 7.95. The summed E-state index contributed by atoms with van der Waals surface area (Å²) in [5, 5.41) is 14.9. The average Bonchev–Trinajstić information content (AvgIpc) is 2.94. The minimum atomic E-state index is -3.96. The molecule has 1 saturated heterocycles. The molecule has 3 aliphatic rings. The first-order valence-electron chi connectivity index (χ1n) is 13.6. The fourth-order valence-corrected chi connectivity index (χ4v) is 7.31. The predicted octanol–water partition coefficient (Wildman–Crippen LogP) is 2.84. The van der Waals surface area contributed by atoms with Gasteiger partial charge in [0, 0.05) is 26.2 Å². The van der Waals surface area contributed by atoms with Crippen LogP contribution in [0, 0.1) is 6.92 Å². The van der Waals surface area contributed by atoms with Gasteiger partial charge < -0.3 is 20.6 Å². The van der Waals surface area contributed by atoms with E-state index in [9.17, 15) is 27.9 Å². The first-order valence-corrected chi connectivity index (χ1v) is 15.0. The molecule has 3 amide bonds. The van der Waals surface area contributed by atoms with Crippen LogP contribution in [0.3, 0.4) is 0 Å². The SMILES string of the molecule is Cc1ccc(S(=O)(=O)N2CCNC(=O)[C@H]2CC(=O)N[C@@H]2CCCc3cc(C4=CCN(C(=O)O)CC4)ccc32)cc1. The Morgan fingerprint density at radius 3 is 2.58 bits per heavy atom. The zero-order valence-corrected chi connectivity index (χ0v) is 23.2. The van der Waals surface area contributed by atoms with Crippen LogP contribution in [0.5, 0.6) is 0 Å². The van der Waals surface area contributed by atoms with E-state index < -0.39 is 28.1 Å². The number of piperazine rings is 1. The highest BCUT2D eigenvalue weighted by atomic mass is 32.2. The van der Waals surface area contributed by atoms with Crippen LogP contribution < -0.4 is 10.6 Å². The number of amides is 3. The lowest BCUT2D eigenvalue weighted by Gasteiger charge is -2.34. The van der Waals surface area contributed by atoms with Gasteiger partial charge in [0.15, 0.2) is 0 Å². The molecule has 3 N–H and O–H groups in total. The fraction of sp³-hybridized carbons (Fsp3) is 0.414. The van der Waals surface area contributed by atoms with Crippen molar-refractivity contribution in [3.63, 3.8) is 0 Å². The van der Waals surface area contributed by atoms with E-state index in [1.54, 1.807) is 12.1 Å². The maximum absolute atomic E-state index is 13.4. The first-order chi connectivity index (χ1) is 19.1. The van der Waals surface area contributed by atoms with E-state index in [1.807, 2.05) is 25.1 Å². The van der Waals surface area contributed by atoms with E-state index in [0.717, 1.165) is 51.4 Å². The topological polar surface area (TPSA) is 136 Å². The average molecular weight is 567 g/mol. The zero-order chi connectivity index (χ0) is 28.4. The van der Waals surface area contributed by atoms with Gasteiger partial charge in [-0.3, -0.25) is 9.59 Å². The molecule has 2 aromatic rings. The highest BCUT2D eigenvalue weighted by molar-refractivity contribution is 7.89. The van der Waals surface area contributed by atoms with Crippen LogP contribution in [0.25, 0.3) is 5.57 Å². The van der Waals surface area contributed by atoms with Crippen molar-refractivity contribution in [1.82, 2.24) is 19.8 Å². The quantitative estimate of drug-likeness (QED) is 0.492. The number of fused-ring (bicyclic) bond motifs is 1. The summed E-state index contributed by atoms with van der Waals surface area (Å²) in [5.74, 6) is -0.857. The number of carboxylic acid groups (broad SMARTS) is 1. The van der Waals surface area contributed by atoms with Crippen molar-refractivity contribution in [2.45, 2.75) is 56.0 Å². The second-order valence-corrected chi connectivity index (χ2v) is 12.5. The van der Waals surface area contributed by atoms with Crippen LogP contribution in [-0.4, -0.2) is 72.9 Å². The van der Waals surface area contributed by atoms with Crippen LogP contribution in [0.2, 0.25) is 0 Å². The standard InChI is InChI=1S/C29H34N4O6S/c1-19-5-8-23(9-6-19)40(38,39)33-16-13-30-28(35)26(33)18-27(34)31-25-4-2-3-22-17-21(7-10-24(22)25)20-11-14-32(15-12-20)29(36)37/h5-11,17,25-26H,2-4,12-16,18H2,1H3,(H,30,35)(H,31,34)(H,36,37)/t25-,26-/m1/s1. The molecular weight excluding hydrogens is 532 g/mol. The summed E-state index contributed by atoms with van der Waals surface area (Å²) in [6.07, 6.45) is 3.91. The van der Waals surface area contributed by atoms with Crippen LogP contribution >= 0.6 is 0 Å². The number of sulfonamides is 1. The lowest BCUT2D eigenvalue weighted by molar-refractivity contribution is -0.132. The van der Waals surface area contributed by atoms with Gasteiger partial charge in [0.25, 0.3) is 0 Å². The second kappa shape index (κ2) is 11.4. The number of nitrogens with zero attached hydrogens (tertiary/aromatic N) is 2. The molecular formula is C29H34N4O6S. The van der Waals surface area contributed by atoms with E-state index in [2.05, 4.69) is 16.7 Å². The third-order valence-electron chi connectivity index (χ3n) is 7.93. The molecule has 0 aromatic heterocycles. The van der Waals surface area contributed by atoms with Crippen LogP contribution in [0.4, 0.5) is 4.79 Å². The summed E-state index contributed by atoms with van der Waals surface area (Å²) in [5.41, 5.74) is 5.25. The van der Waals surface area contributed by atoms with E-state index in [0.29, 0.717) is 19.5 Å². The largest absolute Gasteiger partial charge is 0.465 e. The van der Waals surface area contributed by atoms with Crippen LogP contribution in [0.15, 0.2) is 53.4 Å². The van der Waals surface area contributed by atoms with Crippen LogP contribution in [-0.2, 0) is 26.0 Å². The Balaban J connectivity index is 1.29. The minimum Gasteiger partial charge on any atom is -0.465 e. The van der Waals surface area contributed by atoms with E-state index >= 15 is 0 Å². The number of hydrogen-bond acceptors (Lipinski definition) is 5. The van der Waals surface area contributed by atoms with Gasteiger partial charge in [0.05, 0.1) is 17.4 Å². The number of carbonyl (C=O) groups excluding carboxylic acids is 2. The minimum absolute atomic E-state index is 0.0923. The van der Waals surface area contributed by atoms with Crippen molar-refractivity contribution in [2.75, 3.05) is 26.2 Å². The Bertz CT molecular complexity index is 1450. The van der Waals surface area contributed by atoms with Gasteiger partial charge in [-0.15, -0.1) is 0 Å². The van der Waals surface area contributed by atoms with Crippen molar-refractivity contribution in [3.05, 3.63) is 70.8 Å². The van der Waals surface area contributed by atoms with Gasteiger partial charge in [0.2, 0.25) is 21.8 Å². The van der Waals surface area contributed by atoms with Gasteiger partial charge in [-0.05, 0) is 67.0 Å². The number of aryl methyl sites for hydroxylation is 2. The molecule has 1 fully saturated rings. The molecule has 2 heterocycles. The summed E-state index contributed by atoms with van der Waals surface area (Å²) in [7, 11) is -3.96. The van der Waals surface area contributed by atoms with Gasteiger partial charge in [-0.25, -0.2) is 13.2 Å². The second-order valence-electron chi connectivity index (χ2n) is 10.6. The van der Waals surface area contributed by atoms with Crippen molar-refractivity contribution < 1.29 is 27.9 Å². The Morgan fingerprint density at radius 2 is 1.88 bits per heavy atom. The van der Waals surface area contributed by atoms with Crippen molar-refractivity contribution >= 4 is 33.5 Å². The summed E-state index contributed by atoms with van der Waals surface area (Å²) in [6, 6.07) is 11.2. The van der Waals surface area contributed by atoms with Crippen molar-refractivity contribution in [3.8, 4) is 0 Å². The van der Waals surface area contributed by atoms with Gasteiger partial charge in [-0.1, -0.05) is 42.0 Å². The molecule has 40 heavy (non-hydrogen) atoms. The number of rotatable bonds is 6. The monoisotopic (exact) mass is 566 g/mol. The molecule has 0 saturated carbocycles. The Hall–Kier alpha value is -3.70. The Morgan fingerprint density at radius 1 is 1.10 bits per heavy atom. The highest BCUT2D eigenvalue weighted by Crippen LogP contribution is 2.33. The molecule has 212 valence electrons. The summed E-state index contributed by atoms with van der Waals surface area (Å²) < 4.78 is 27.9. The molecule has 2 atom stereocenters. The van der Waals surface area contributed by atoms with Crippen molar-refractivity contribution in [1.29, 1.82) is 0 Å². The third kappa shape index (κ3) is 5.75. The number of carbonyl (C=O) groups is 3. The highest BCUT2D eigenvalue weighted by Gasteiger charge is 2.40. The van der Waals surface area contributed by atoms with Crippen molar-refractivity contribution in [2.24, 2.45) is 0 Å². The van der Waals surface area contributed by atoms with E-state index in [-0.39, 0.29) is 36.4 Å². The van der Waals surface area contributed by atoms with Gasteiger partial charge in [-0.2, -0.15) is 4.31 Å². The number of hydrogen-bond donors (Lipinski definition) is 3. The molecule has 11 heteroatoms. The third-order valence-corrected chi connectivity index (χ3v) is 9.85. The molecule has 1 aliphatic carbocycles. The maximum Gasteiger partial charge on any atom is 0.407 e. The lowest BCUT2D eigenvalue weighted by Crippen LogP contribution is -2.58. The van der Waals surface area contributed by atoms with E-state index in [1.165, 1.54) is 17.0 Å². The summed E-state index contributed by atoms with van der Waals surface area (Å²) >= 11 is 0. The summed E-state index contributed by atoms with van der Waals surface area (Å²) in [4.78, 5) is 38.7. The molecule has 0 spiro atoms. The molecule has 10 nitrogen and oxygen atoms in total. The van der Waals surface area contributed by atoms with Gasteiger partial charge >= 0.3 is 6.09 Å². The molecule has 5 rings (SSSR count). The molecule has 0 bridgehead atoms. The maximum atomic E-state index is 13.4. The first kappa shape index (κ1) is 27.9. The fourth-order valence-electron chi connectivity index (χ4n) is 5.72. The predicted molar refractivity (Wildman–Crippen MR) is 149 cm³/mol. The molecule has 0 unspecified atom stereocenters. The van der Waals surface area contributed by atoms with Gasteiger partial charge in [0.1, 0.15) is 6.04 Å². The number of nitrogens with one attached hydrogen (secondary N) is 2. The van der Waals surface area contributed by atoms with Crippen LogP contribution in [0.1, 0.15) is 54.0 Å².